The molecule has 3 N–H and O–H groups in total. The van der Waals surface area contributed by atoms with E-state index in [-0.39, 0.29) is 83.7 Å². The van der Waals surface area contributed by atoms with Gasteiger partial charge in [-0.1, -0.05) is 23.7 Å². The first-order chi connectivity index (χ1) is 26.7. The fourth-order valence-electron chi connectivity index (χ4n) is 7.66. The number of aromatic hydroxyl groups is 2. The van der Waals surface area contributed by atoms with Crippen LogP contribution in [0.4, 0.5) is 0 Å². The van der Waals surface area contributed by atoms with Crippen LogP contribution in [-0.4, -0.2) is 131 Å². The Labute approximate surface area is 323 Å². The van der Waals surface area contributed by atoms with E-state index >= 15 is 0 Å². The molecule has 0 bridgehead atoms. The van der Waals surface area contributed by atoms with Crippen molar-refractivity contribution in [3.05, 3.63) is 47.6 Å². The molecule has 6 rings (SSSR count). The lowest BCUT2D eigenvalue weighted by molar-refractivity contribution is -0.152. The number of cyclic esters (lactones) is 1. The number of unbranched alkanes of at least 4 members (excludes halogenated alkanes) is 1. The molecule has 14 nitrogen and oxygen atoms in total. The maximum Gasteiger partial charge on any atom is 0.342 e. The van der Waals surface area contributed by atoms with E-state index in [4.69, 9.17) is 23.8 Å². The fraction of sp³-hybridized carbons (Fsp3) is 0.625. The van der Waals surface area contributed by atoms with Gasteiger partial charge in [0, 0.05) is 67.1 Å². The van der Waals surface area contributed by atoms with Crippen LogP contribution < -0.4 is 5.32 Å². The highest BCUT2D eigenvalue weighted by molar-refractivity contribution is 8.54. The number of allylic oxidation sites excluding steroid dienone is 1. The molecule has 1 spiro atoms. The monoisotopic (exact) mass is 785 g/mol. The minimum atomic E-state index is -0.787. The number of esters is 2. The molecule has 1 aromatic carbocycles. The summed E-state index contributed by atoms with van der Waals surface area (Å²) in [6.45, 7) is 3.66. The van der Waals surface area contributed by atoms with Gasteiger partial charge in [-0.3, -0.25) is 9.59 Å². The Bertz CT molecular complexity index is 1640. The molecule has 5 aliphatic rings. The van der Waals surface area contributed by atoms with E-state index in [9.17, 15) is 29.4 Å². The van der Waals surface area contributed by atoms with Gasteiger partial charge in [-0.2, -0.15) is 0 Å². The smallest absolute Gasteiger partial charge is 0.342 e. The van der Waals surface area contributed by atoms with Crippen LogP contribution in [-0.2, 0) is 44.6 Å². The lowest BCUT2D eigenvalue weighted by Crippen LogP contribution is -2.37. The zero-order valence-corrected chi connectivity index (χ0v) is 32.5. The summed E-state index contributed by atoms with van der Waals surface area (Å²) in [7, 11) is 0.00956. The van der Waals surface area contributed by atoms with E-state index < -0.39 is 29.9 Å². The summed E-state index contributed by atoms with van der Waals surface area (Å²) in [5, 5.41) is 31.3. The van der Waals surface area contributed by atoms with Crippen molar-refractivity contribution in [3.63, 3.8) is 0 Å². The number of piperidine rings is 1. The third kappa shape index (κ3) is 11.3. The van der Waals surface area contributed by atoms with Crippen LogP contribution >= 0.6 is 10.0 Å². The summed E-state index contributed by atoms with van der Waals surface area (Å²) in [5.41, 5.74) is 0.410. The Kier molecular flexibility index (Phi) is 14.2. The van der Waals surface area contributed by atoms with Crippen LogP contribution in [0.1, 0.15) is 80.6 Å². The number of likely N-dealkylation sites (tertiary alicyclic amines) is 1. The number of phenolic OH excluding ortho intramolecular Hbond substituents is 2. The van der Waals surface area contributed by atoms with E-state index in [0.29, 0.717) is 39.1 Å². The molecule has 2 amide bonds. The van der Waals surface area contributed by atoms with Crippen LogP contribution in [0.2, 0.25) is 0 Å². The summed E-state index contributed by atoms with van der Waals surface area (Å²) in [6.07, 6.45) is 12.9. The lowest BCUT2D eigenvalue weighted by Gasteiger charge is -2.26. The highest BCUT2D eigenvalue weighted by Gasteiger charge is 2.93. The van der Waals surface area contributed by atoms with Gasteiger partial charge in [-0.05, 0) is 68.6 Å². The number of fused-ring (bicyclic) bond motifs is 2. The summed E-state index contributed by atoms with van der Waals surface area (Å²) in [4.78, 5) is 57.8. The maximum atomic E-state index is 13.2. The van der Waals surface area contributed by atoms with Crippen molar-refractivity contribution in [2.24, 2.45) is 5.16 Å². The molecule has 55 heavy (non-hydrogen) atoms. The number of benzene rings is 1. The van der Waals surface area contributed by atoms with E-state index in [1.165, 1.54) is 17.7 Å². The molecule has 302 valence electrons. The van der Waals surface area contributed by atoms with E-state index in [2.05, 4.69) is 10.5 Å². The zero-order valence-electron chi connectivity index (χ0n) is 31.7. The Hall–Kier alpha value is -4.08. The Morgan fingerprint density at radius 1 is 1.02 bits per heavy atom. The highest BCUT2D eigenvalue weighted by Crippen LogP contribution is 3.09. The van der Waals surface area contributed by atoms with Crippen LogP contribution in [0.3, 0.4) is 0 Å². The number of hydrogen-bond donors (Lipinski definition) is 3. The van der Waals surface area contributed by atoms with Crippen molar-refractivity contribution in [1.29, 1.82) is 0 Å². The second kappa shape index (κ2) is 19.2. The van der Waals surface area contributed by atoms with Crippen LogP contribution in [0, 0.1) is 0 Å². The van der Waals surface area contributed by atoms with E-state index in [0.717, 1.165) is 48.7 Å². The molecule has 5 unspecified atom stereocenters. The standard InChI is InChI=1S/C40H55N3O11S/c1-27-9-7-11-31(54-37(48)25-51-20-19-50-18-15-41-35(46)14-4-3-13-33-39-34-26-55(33,34)39)12-8-10-29(42-52-24-36(47)43-16-5-2-6-17-43)21-28-22-30(44)23-32(45)38(28)40(49)53-27/h7-8,10-11,22-23,27,31,33-34,39,44-45H,2-6,9,12-21,24-26H2,1H3,(H,41,46)/b10-8+,11-7+,42-29-/t27-,31?,33?,34?,39?/m1/s1. The van der Waals surface area contributed by atoms with E-state index in [1.807, 2.05) is 0 Å². The van der Waals surface area contributed by atoms with Crippen molar-refractivity contribution in [3.8, 4) is 11.5 Å². The number of oxime groups is 1. The molecule has 1 aromatic rings. The average molecular weight is 786 g/mol. The molecule has 15 heteroatoms. The van der Waals surface area contributed by atoms with Crippen LogP contribution in [0.5, 0.6) is 11.5 Å². The van der Waals surface area contributed by atoms with Gasteiger partial charge in [0.2, 0.25) is 5.91 Å². The fourth-order valence-corrected chi connectivity index (χ4v) is 13.0. The van der Waals surface area contributed by atoms with Gasteiger partial charge >= 0.3 is 11.9 Å². The van der Waals surface area contributed by atoms with Crippen LogP contribution in [0.15, 0.2) is 41.6 Å². The molecule has 4 fully saturated rings. The third-order valence-corrected chi connectivity index (χ3v) is 15.6. The molecule has 6 atom stereocenters. The summed E-state index contributed by atoms with van der Waals surface area (Å²) in [5.74, 6) is -0.653. The molecule has 0 radical (unpaired) electrons. The number of carbonyl (C=O) groups excluding carboxylic acids is 4. The Morgan fingerprint density at radius 2 is 1.82 bits per heavy atom. The first-order valence-corrected chi connectivity index (χ1v) is 21.6. The maximum absolute atomic E-state index is 13.2. The van der Waals surface area contributed by atoms with Gasteiger partial charge in [0.1, 0.15) is 35.9 Å². The van der Waals surface area contributed by atoms with E-state index in [1.54, 1.807) is 41.9 Å². The lowest BCUT2D eigenvalue weighted by atomic mass is 9.99. The molecular weight excluding hydrogens is 731 g/mol. The van der Waals surface area contributed by atoms with Crippen molar-refractivity contribution < 1.29 is 53.2 Å². The van der Waals surface area contributed by atoms with Gasteiger partial charge in [0.05, 0.1) is 25.5 Å². The topological polar surface area (TPSA) is 183 Å². The second-order valence-corrected chi connectivity index (χ2v) is 18.8. The van der Waals surface area contributed by atoms with Crippen molar-refractivity contribution >= 4 is 39.5 Å². The van der Waals surface area contributed by atoms with Gasteiger partial charge in [-0.15, -0.1) is 0 Å². The minimum absolute atomic E-state index is 0.00956. The van der Waals surface area contributed by atoms with Gasteiger partial charge < -0.3 is 44.2 Å². The van der Waals surface area contributed by atoms with Gasteiger partial charge in [0.15, 0.2) is 6.61 Å². The number of hydrogen-bond acceptors (Lipinski definition) is 12. The predicted octanol–water partition coefficient (Wildman–Crippen LogP) is 4.05. The Balaban J connectivity index is 0.941. The highest BCUT2D eigenvalue weighted by atomic mass is 32.3. The normalized spacial score (nSPS) is 29.8. The minimum Gasteiger partial charge on any atom is -0.508 e. The average Bonchev–Trinajstić information content (AvgIpc) is 4.09. The third-order valence-electron chi connectivity index (χ3n) is 10.8. The number of nitrogens with one attached hydrogen (secondary N) is 1. The molecule has 0 aromatic heterocycles. The quantitative estimate of drug-likeness (QED) is 0.0682. The number of rotatable bonds is 17. The number of amides is 2. The summed E-state index contributed by atoms with van der Waals surface area (Å²) >= 11 is 0. The largest absolute Gasteiger partial charge is 0.508 e. The zero-order chi connectivity index (χ0) is 38.8. The summed E-state index contributed by atoms with van der Waals surface area (Å²) in [6, 6.07) is 2.40. The molecule has 0 aliphatic carbocycles. The molecule has 0 saturated carbocycles. The molecule has 5 heterocycles. The Morgan fingerprint density at radius 3 is 2.60 bits per heavy atom. The van der Waals surface area contributed by atoms with Gasteiger partial charge in [0.25, 0.3) is 5.91 Å². The SMILES string of the molecule is C[C@@H]1C/C=C/C(OC(=O)COCCOCCNC(=O)CCCCC2C3C4CS243)C/C=C/C(=N/OCC(=O)N2CCCCC2)Cc2cc(O)cc(O)c2C(=O)O1. The number of carbonyl (C=O) groups is 4. The number of phenols is 2. The first kappa shape index (κ1) is 40.6. The van der Waals surface area contributed by atoms with Crippen molar-refractivity contribution in [2.45, 2.75) is 99.1 Å². The van der Waals surface area contributed by atoms with Crippen molar-refractivity contribution in [1.82, 2.24) is 10.2 Å². The molecule has 4 saturated heterocycles. The van der Waals surface area contributed by atoms with Crippen LogP contribution in [0.25, 0.3) is 0 Å². The molecule has 5 aliphatic heterocycles. The predicted molar refractivity (Wildman–Crippen MR) is 207 cm³/mol. The summed E-state index contributed by atoms with van der Waals surface area (Å²) < 4.78 is 22.2. The number of ether oxygens (including phenoxy) is 4. The second-order valence-electron chi connectivity index (χ2n) is 14.9. The first-order valence-electron chi connectivity index (χ1n) is 19.6. The van der Waals surface area contributed by atoms with Crippen molar-refractivity contribution in [2.75, 3.05) is 58.4 Å². The number of nitrogens with zero attached hydrogens (tertiary/aromatic N) is 2. The molecular formula is C40H55N3O11S. The van der Waals surface area contributed by atoms with Gasteiger partial charge in [-0.25, -0.2) is 19.6 Å².